The van der Waals surface area contributed by atoms with Gasteiger partial charge in [-0.05, 0) is 49.8 Å². The minimum Gasteiger partial charge on any atom is -0.470 e. The first-order valence-corrected chi connectivity index (χ1v) is 9.14. The van der Waals surface area contributed by atoms with Gasteiger partial charge in [-0.2, -0.15) is 0 Å². The van der Waals surface area contributed by atoms with Gasteiger partial charge in [-0.3, -0.25) is 4.98 Å². The zero-order valence-corrected chi connectivity index (χ0v) is 14.5. The van der Waals surface area contributed by atoms with Crippen molar-refractivity contribution in [2.45, 2.75) is 39.2 Å². The third-order valence-electron chi connectivity index (χ3n) is 4.26. The molecule has 24 heavy (non-hydrogen) atoms. The number of rotatable bonds is 4. The molecule has 0 amide bonds. The number of pyridine rings is 2. The van der Waals surface area contributed by atoms with Crippen molar-refractivity contribution in [3.05, 3.63) is 57.9 Å². The van der Waals surface area contributed by atoms with Crippen LogP contribution in [0.25, 0.3) is 11.1 Å². The summed E-state index contributed by atoms with van der Waals surface area (Å²) < 4.78 is 5.95. The van der Waals surface area contributed by atoms with Crippen molar-refractivity contribution in [2.24, 2.45) is 0 Å². The molecule has 0 unspecified atom stereocenters. The van der Waals surface area contributed by atoms with Crippen LogP contribution < -0.4 is 4.74 Å². The Kier molecular flexibility index (Phi) is 4.26. The van der Waals surface area contributed by atoms with Gasteiger partial charge in [0, 0.05) is 40.8 Å². The van der Waals surface area contributed by atoms with Crippen LogP contribution in [0.15, 0.2) is 36.0 Å². The van der Waals surface area contributed by atoms with E-state index in [1.165, 1.54) is 29.7 Å². The lowest BCUT2D eigenvalue weighted by Crippen LogP contribution is -2.09. The monoisotopic (exact) mass is 337 g/mol. The Morgan fingerprint density at radius 2 is 2.12 bits per heavy atom. The van der Waals surface area contributed by atoms with Crippen LogP contribution in [0.3, 0.4) is 0 Å². The topological polar surface area (TPSA) is 47.9 Å². The van der Waals surface area contributed by atoms with Crippen molar-refractivity contribution in [1.82, 2.24) is 15.0 Å². The molecule has 0 aromatic carbocycles. The molecule has 0 saturated heterocycles. The quantitative estimate of drug-likeness (QED) is 0.709. The Balaban J connectivity index is 1.67. The van der Waals surface area contributed by atoms with Gasteiger partial charge < -0.3 is 4.74 Å². The summed E-state index contributed by atoms with van der Waals surface area (Å²) >= 11 is 1.62. The average molecular weight is 337 g/mol. The van der Waals surface area contributed by atoms with Crippen molar-refractivity contribution >= 4 is 11.3 Å². The number of aromatic nitrogens is 3. The minimum atomic E-state index is 0.469. The Morgan fingerprint density at radius 3 is 2.92 bits per heavy atom. The fourth-order valence-electron chi connectivity index (χ4n) is 3.14. The van der Waals surface area contributed by atoms with Crippen molar-refractivity contribution in [2.75, 3.05) is 0 Å². The molecule has 0 spiro atoms. The summed E-state index contributed by atoms with van der Waals surface area (Å²) in [6.07, 6.45) is 8.24. The molecule has 0 saturated carbocycles. The highest BCUT2D eigenvalue weighted by molar-refractivity contribution is 7.09. The van der Waals surface area contributed by atoms with E-state index in [4.69, 9.17) is 9.72 Å². The van der Waals surface area contributed by atoms with Gasteiger partial charge in [0.2, 0.25) is 5.88 Å². The van der Waals surface area contributed by atoms with Crippen LogP contribution >= 0.6 is 11.3 Å². The van der Waals surface area contributed by atoms with Gasteiger partial charge in [-0.25, -0.2) is 9.97 Å². The van der Waals surface area contributed by atoms with Crippen LogP contribution in [-0.4, -0.2) is 15.0 Å². The third-order valence-corrected chi connectivity index (χ3v) is 5.20. The van der Waals surface area contributed by atoms with Crippen LogP contribution in [0, 0.1) is 6.92 Å². The van der Waals surface area contributed by atoms with Crippen LogP contribution in [0.2, 0.25) is 0 Å². The zero-order valence-electron chi connectivity index (χ0n) is 13.7. The number of aryl methyl sites for hydroxylation is 2. The van der Waals surface area contributed by atoms with E-state index in [0.29, 0.717) is 12.5 Å². The highest BCUT2D eigenvalue weighted by Gasteiger charge is 2.18. The lowest BCUT2D eigenvalue weighted by molar-refractivity contribution is 0.292. The van der Waals surface area contributed by atoms with Crippen molar-refractivity contribution in [3.63, 3.8) is 0 Å². The molecule has 3 aromatic heterocycles. The lowest BCUT2D eigenvalue weighted by atomic mass is 9.90. The molecule has 5 heteroatoms. The van der Waals surface area contributed by atoms with E-state index in [0.717, 1.165) is 29.1 Å². The first-order chi connectivity index (χ1) is 11.8. The van der Waals surface area contributed by atoms with Crippen LogP contribution in [0.4, 0.5) is 0 Å². The normalized spacial score (nSPS) is 13.5. The van der Waals surface area contributed by atoms with Gasteiger partial charge in [0.25, 0.3) is 0 Å². The number of fused-ring (bicyclic) bond motifs is 1. The molecule has 3 heterocycles. The lowest BCUT2D eigenvalue weighted by Gasteiger charge is -2.20. The largest absolute Gasteiger partial charge is 0.470 e. The first kappa shape index (κ1) is 15.3. The van der Waals surface area contributed by atoms with E-state index >= 15 is 0 Å². The van der Waals surface area contributed by atoms with E-state index in [2.05, 4.69) is 22.1 Å². The number of hydrogen-bond acceptors (Lipinski definition) is 5. The van der Waals surface area contributed by atoms with Crippen molar-refractivity contribution in [1.29, 1.82) is 0 Å². The summed E-state index contributed by atoms with van der Waals surface area (Å²) in [5.41, 5.74) is 5.90. The van der Waals surface area contributed by atoms with Gasteiger partial charge in [0.1, 0.15) is 11.6 Å². The fourth-order valence-corrected chi connectivity index (χ4v) is 3.82. The zero-order chi connectivity index (χ0) is 16.4. The van der Waals surface area contributed by atoms with Gasteiger partial charge >= 0.3 is 0 Å². The predicted octanol–water partition coefficient (Wildman–Crippen LogP) is 4.37. The number of thiazole rings is 1. The second-order valence-corrected chi connectivity index (χ2v) is 7.00. The summed E-state index contributed by atoms with van der Waals surface area (Å²) in [6.45, 7) is 2.47. The number of hydrogen-bond donors (Lipinski definition) is 0. The third kappa shape index (κ3) is 3.17. The van der Waals surface area contributed by atoms with E-state index in [9.17, 15) is 0 Å². The second kappa shape index (κ2) is 6.69. The smallest absolute Gasteiger partial charge is 0.214 e. The standard InChI is InChI=1S/C19H19N3OS/c1-13-12-24-19(21-13)11-23-18-9-16(14-5-4-8-20-10-14)15-6-2-3-7-17(15)22-18/h4-5,8-10,12H,2-3,6-7,11H2,1H3. The Morgan fingerprint density at radius 1 is 1.21 bits per heavy atom. The van der Waals surface area contributed by atoms with Crippen molar-refractivity contribution < 1.29 is 4.74 Å². The molecule has 0 fully saturated rings. The summed E-state index contributed by atoms with van der Waals surface area (Å²) in [4.78, 5) is 13.5. The Labute approximate surface area is 145 Å². The molecule has 3 aromatic rings. The molecule has 1 aliphatic carbocycles. The molecule has 0 atom stereocenters. The number of ether oxygens (including phenoxy) is 1. The van der Waals surface area contributed by atoms with Crippen LogP contribution in [0.1, 0.15) is 34.8 Å². The summed E-state index contributed by atoms with van der Waals surface area (Å²) in [7, 11) is 0. The van der Waals surface area contributed by atoms with E-state index in [1.807, 2.05) is 24.6 Å². The highest BCUT2D eigenvalue weighted by Crippen LogP contribution is 2.33. The summed E-state index contributed by atoms with van der Waals surface area (Å²) in [6, 6.07) is 6.14. The maximum atomic E-state index is 5.95. The van der Waals surface area contributed by atoms with Crippen LogP contribution in [-0.2, 0) is 19.4 Å². The summed E-state index contributed by atoms with van der Waals surface area (Å²) in [5, 5.41) is 3.02. The number of nitrogens with zero attached hydrogens (tertiary/aromatic N) is 3. The Bertz CT molecular complexity index is 845. The minimum absolute atomic E-state index is 0.469. The molecule has 4 nitrogen and oxygen atoms in total. The van der Waals surface area contributed by atoms with E-state index < -0.39 is 0 Å². The van der Waals surface area contributed by atoms with E-state index in [1.54, 1.807) is 17.5 Å². The molecule has 0 radical (unpaired) electrons. The molecule has 1 aliphatic rings. The van der Waals surface area contributed by atoms with Gasteiger partial charge in [-0.15, -0.1) is 11.3 Å². The van der Waals surface area contributed by atoms with Crippen molar-refractivity contribution in [3.8, 4) is 17.0 Å². The maximum Gasteiger partial charge on any atom is 0.214 e. The SMILES string of the molecule is Cc1csc(COc2cc(-c3cccnc3)c3c(n2)CCCC3)n1. The highest BCUT2D eigenvalue weighted by atomic mass is 32.1. The molecule has 0 N–H and O–H groups in total. The second-order valence-electron chi connectivity index (χ2n) is 6.05. The van der Waals surface area contributed by atoms with E-state index in [-0.39, 0.29) is 0 Å². The molecule has 0 aliphatic heterocycles. The van der Waals surface area contributed by atoms with Gasteiger partial charge in [0.05, 0.1) is 0 Å². The van der Waals surface area contributed by atoms with Gasteiger partial charge in [0.15, 0.2) is 0 Å². The molecule has 0 bridgehead atoms. The maximum absolute atomic E-state index is 5.95. The fraction of sp³-hybridized carbons (Fsp3) is 0.316. The van der Waals surface area contributed by atoms with Gasteiger partial charge in [-0.1, -0.05) is 6.07 Å². The summed E-state index contributed by atoms with van der Waals surface area (Å²) in [5.74, 6) is 0.683. The molecule has 122 valence electrons. The average Bonchev–Trinajstić information content (AvgIpc) is 3.05. The first-order valence-electron chi connectivity index (χ1n) is 8.26. The van der Waals surface area contributed by atoms with Crippen LogP contribution in [0.5, 0.6) is 5.88 Å². The predicted molar refractivity (Wildman–Crippen MR) is 95.3 cm³/mol. The molecular formula is C19H19N3OS. The Hall–Kier alpha value is -2.27. The molecule has 4 rings (SSSR count). The molecular weight excluding hydrogens is 318 g/mol.